The van der Waals surface area contributed by atoms with E-state index in [0.29, 0.717) is 4.83 Å². The number of aromatic nitrogens is 2. The smallest absolute Gasteiger partial charge is 0.0849 e. The van der Waals surface area contributed by atoms with Crippen LogP contribution in [0.25, 0.3) is 0 Å². The highest BCUT2D eigenvalue weighted by Gasteiger charge is 2.28. The highest BCUT2D eigenvalue weighted by Crippen LogP contribution is 2.39. The van der Waals surface area contributed by atoms with E-state index in [9.17, 15) is 0 Å². The van der Waals surface area contributed by atoms with E-state index in [4.69, 9.17) is 11.6 Å². The third-order valence-corrected chi connectivity index (χ3v) is 5.36. The highest BCUT2D eigenvalue weighted by atomic mass is 79.9. The average Bonchev–Trinajstić information content (AvgIpc) is 3.17. The first-order valence-corrected chi connectivity index (χ1v) is 8.34. The molecule has 2 rings (SSSR count). The van der Waals surface area contributed by atoms with Crippen LogP contribution in [0.5, 0.6) is 0 Å². The molecule has 0 amide bonds. The van der Waals surface area contributed by atoms with Gasteiger partial charge in [0.05, 0.1) is 16.4 Å². The number of aryl methyl sites for hydroxylation is 2. The molecule has 18 heavy (non-hydrogen) atoms. The Kier molecular flexibility index (Phi) is 5.14. The Bertz CT molecular complexity index is 399. The zero-order chi connectivity index (χ0) is 13.1. The molecule has 0 aromatic carbocycles. The van der Waals surface area contributed by atoms with E-state index in [1.807, 2.05) is 0 Å². The van der Waals surface area contributed by atoms with Crippen LogP contribution in [-0.4, -0.2) is 14.6 Å². The molecule has 1 atom stereocenters. The quantitative estimate of drug-likeness (QED) is 0.666. The van der Waals surface area contributed by atoms with Gasteiger partial charge in [0.25, 0.3) is 0 Å². The number of hydrogen-bond donors (Lipinski definition) is 0. The lowest BCUT2D eigenvalue weighted by molar-refractivity contribution is 0.585. The lowest BCUT2D eigenvalue weighted by Gasteiger charge is -2.09. The number of alkyl halides is 1. The Morgan fingerprint density at radius 1 is 1.44 bits per heavy atom. The molecule has 102 valence electrons. The zero-order valence-corrected chi connectivity index (χ0v) is 13.6. The van der Waals surface area contributed by atoms with Crippen LogP contribution in [0, 0.1) is 5.92 Å². The van der Waals surface area contributed by atoms with E-state index >= 15 is 0 Å². The van der Waals surface area contributed by atoms with Gasteiger partial charge in [-0.2, -0.15) is 5.10 Å². The molecule has 2 nitrogen and oxygen atoms in total. The Hall–Kier alpha value is -0.0200. The molecule has 0 spiro atoms. The summed E-state index contributed by atoms with van der Waals surface area (Å²) in [6.07, 6.45) is 7.22. The molecule has 0 N–H and O–H groups in total. The summed E-state index contributed by atoms with van der Waals surface area (Å²) < 4.78 is 2.07. The van der Waals surface area contributed by atoms with Gasteiger partial charge in [-0.25, -0.2) is 0 Å². The van der Waals surface area contributed by atoms with Gasteiger partial charge in [0.2, 0.25) is 0 Å². The maximum Gasteiger partial charge on any atom is 0.0849 e. The van der Waals surface area contributed by atoms with Gasteiger partial charge in [-0.1, -0.05) is 34.5 Å². The summed E-state index contributed by atoms with van der Waals surface area (Å²) in [6, 6.07) is 0. The molecule has 1 aliphatic rings. The lowest BCUT2D eigenvalue weighted by atomic mass is 10.1. The normalized spacial score (nSPS) is 17.1. The zero-order valence-electron chi connectivity index (χ0n) is 11.3. The van der Waals surface area contributed by atoms with Crippen LogP contribution in [0.4, 0.5) is 0 Å². The second kappa shape index (κ2) is 6.42. The van der Waals surface area contributed by atoms with Crippen LogP contribution in [0.3, 0.4) is 0 Å². The van der Waals surface area contributed by atoms with Gasteiger partial charge in [-0.05, 0) is 51.4 Å². The number of halogens is 2. The first-order chi connectivity index (χ1) is 8.67. The molecule has 1 aliphatic carbocycles. The van der Waals surface area contributed by atoms with Gasteiger partial charge in [-0.3, -0.25) is 4.68 Å². The van der Waals surface area contributed by atoms with Crippen molar-refractivity contribution >= 4 is 27.5 Å². The molecule has 1 aromatic heterocycles. The maximum absolute atomic E-state index is 6.40. The average molecular weight is 334 g/mol. The third kappa shape index (κ3) is 3.30. The van der Waals surface area contributed by atoms with Gasteiger partial charge < -0.3 is 0 Å². The molecule has 1 aromatic rings. The molecule has 0 saturated heterocycles. The van der Waals surface area contributed by atoms with Crippen molar-refractivity contribution in [3.8, 4) is 0 Å². The summed E-state index contributed by atoms with van der Waals surface area (Å²) in [5, 5.41) is 5.46. The second-order valence-electron chi connectivity index (χ2n) is 5.12. The Morgan fingerprint density at radius 3 is 2.72 bits per heavy atom. The van der Waals surface area contributed by atoms with Crippen molar-refractivity contribution in [2.24, 2.45) is 5.92 Å². The van der Waals surface area contributed by atoms with Crippen molar-refractivity contribution in [2.45, 2.75) is 63.7 Å². The molecule has 1 heterocycles. The maximum atomic E-state index is 6.40. The molecule has 0 aliphatic heterocycles. The Morgan fingerprint density at radius 2 is 2.17 bits per heavy atom. The topological polar surface area (TPSA) is 17.8 Å². The van der Waals surface area contributed by atoms with E-state index in [-0.39, 0.29) is 0 Å². The van der Waals surface area contributed by atoms with Gasteiger partial charge in [0.1, 0.15) is 0 Å². The number of rotatable bonds is 7. The second-order valence-corrected chi connectivity index (χ2v) is 6.68. The Labute approximate surface area is 123 Å². The van der Waals surface area contributed by atoms with Crippen molar-refractivity contribution < 1.29 is 0 Å². The van der Waals surface area contributed by atoms with Crippen molar-refractivity contribution in [1.82, 2.24) is 9.78 Å². The standard InChI is InChI=1S/C14H22BrClN2/c1-3-12-14(16)13(18(4-2)17-12)7-5-6-11(15)10-8-9-10/h10-11H,3-9H2,1-2H3. The molecule has 1 fully saturated rings. The summed E-state index contributed by atoms with van der Waals surface area (Å²) in [6.45, 7) is 5.15. The predicted octanol–water partition coefficient (Wildman–Crippen LogP) is 4.62. The largest absolute Gasteiger partial charge is 0.268 e. The van der Waals surface area contributed by atoms with Gasteiger partial charge in [-0.15, -0.1) is 0 Å². The van der Waals surface area contributed by atoms with E-state index in [2.05, 4.69) is 39.6 Å². The first-order valence-electron chi connectivity index (χ1n) is 7.05. The van der Waals surface area contributed by atoms with Gasteiger partial charge >= 0.3 is 0 Å². The summed E-state index contributed by atoms with van der Waals surface area (Å²) in [5.74, 6) is 0.933. The van der Waals surface area contributed by atoms with Crippen LogP contribution in [0.1, 0.15) is 50.9 Å². The summed E-state index contributed by atoms with van der Waals surface area (Å²) >= 11 is 10.2. The SMILES string of the molecule is CCc1nn(CC)c(CCCC(Br)C2CC2)c1Cl. The van der Waals surface area contributed by atoms with Crippen LogP contribution < -0.4 is 0 Å². The van der Waals surface area contributed by atoms with Crippen LogP contribution in [0.2, 0.25) is 5.02 Å². The van der Waals surface area contributed by atoms with Gasteiger partial charge in [0, 0.05) is 11.4 Å². The molecular weight excluding hydrogens is 312 g/mol. The lowest BCUT2D eigenvalue weighted by Crippen LogP contribution is -2.05. The fourth-order valence-corrected chi connectivity index (χ4v) is 3.63. The fraction of sp³-hybridized carbons (Fsp3) is 0.786. The van der Waals surface area contributed by atoms with Crippen molar-refractivity contribution in [3.05, 3.63) is 16.4 Å². The number of nitrogens with zero attached hydrogens (tertiary/aromatic N) is 2. The predicted molar refractivity (Wildman–Crippen MR) is 80.7 cm³/mol. The fourth-order valence-electron chi connectivity index (χ4n) is 2.41. The highest BCUT2D eigenvalue weighted by molar-refractivity contribution is 9.09. The monoisotopic (exact) mass is 332 g/mol. The summed E-state index contributed by atoms with van der Waals surface area (Å²) in [4.78, 5) is 0.708. The van der Waals surface area contributed by atoms with Crippen LogP contribution >= 0.6 is 27.5 Å². The Balaban J connectivity index is 1.92. The van der Waals surface area contributed by atoms with Crippen LogP contribution in [0.15, 0.2) is 0 Å². The molecule has 1 saturated carbocycles. The van der Waals surface area contributed by atoms with E-state index in [0.717, 1.165) is 36.0 Å². The molecule has 0 radical (unpaired) electrons. The van der Waals surface area contributed by atoms with Crippen LogP contribution in [-0.2, 0) is 19.4 Å². The number of hydrogen-bond acceptors (Lipinski definition) is 1. The first kappa shape index (κ1) is 14.4. The minimum atomic E-state index is 0.708. The molecule has 4 heteroatoms. The molecule has 1 unspecified atom stereocenters. The third-order valence-electron chi connectivity index (χ3n) is 3.72. The van der Waals surface area contributed by atoms with Crippen molar-refractivity contribution in [3.63, 3.8) is 0 Å². The summed E-state index contributed by atoms with van der Waals surface area (Å²) in [5.41, 5.74) is 2.28. The van der Waals surface area contributed by atoms with E-state index in [1.54, 1.807) is 0 Å². The molecule has 0 bridgehead atoms. The van der Waals surface area contributed by atoms with E-state index < -0.39 is 0 Å². The summed E-state index contributed by atoms with van der Waals surface area (Å²) in [7, 11) is 0. The van der Waals surface area contributed by atoms with Crippen molar-refractivity contribution in [1.29, 1.82) is 0 Å². The van der Waals surface area contributed by atoms with Crippen molar-refractivity contribution in [2.75, 3.05) is 0 Å². The minimum Gasteiger partial charge on any atom is -0.268 e. The van der Waals surface area contributed by atoms with Gasteiger partial charge in [0.15, 0.2) is 0 Å². The minimum absolute atomic E-state index is 0.708. The molecular formula is C14H22BrClN2. The van der Waals surface area contributed by atoms with E-state index in [1.165, 1.54) is 31.4 Å².